The third-order valence-electron chi connectivity index (χ3n) is 10.5. The average molecular weight is 668 g/mol. The summed E-state index contributed by atoms with van der Waals surface area (Å²) in [7, 11) is 0. The van der Waals surface area contributed by atoms with E-state index in [2.05, 4.69) is 141 Å². The largest absolute Gasteiger partial charge is 0.456 e. The number of para-hydroxylation sites is 1. The number of fused-ring (bicyclic) bond motifs is 6. The van der Waals surface area contributed by atoms with Crippen molar-refractivity contribution in [2.75, 3.05) is 0 Å². The first-order chi connectivity index (χ1) is 25.5. The maximum Gasteiger partial charge on any atom is 0.164 e. The summed E-state index contributed by atoms with van der Waals surface area (Å²) in [5, 5.41) is 2.10. The van der Waals surface area contributed by atoms with Gasteiger partial charge in [-0.15, -0.1) is 0 Å². The van der Waals surface area contributed by atoms with Crippen molar-refractivity contribution in [3.8, 4) is 67.5 Å². The van der Waals surface area contributed by atoms with Crippen molar-refractivity contribution < 1.29 is 4.42 Å². The van der Waals surface area contributed by atoms with Crippen LogP contribution in [0.4, 0.5) is 0 Å². The highest BCUT2D eigenvalue weighted by molar-refractivity contribution is 6.06. The number of hydrogen-bond donors (Lipinski definition) is 0. The number of benzene rings is 7. The summed E-state index contributed by atoms with van der Waals surface area (Å²) >= 11 is 0. The molecule has 0 N–H and O–H groups in total. The Labute approximate surface area is 302 Å². The SMILES string of the molecule is CC1(C)c2ccccc2-c2c(-c3nc(-c4cc(-c5ccccc5)cc(-c5ccccc5)c4)nc(-c4ccc5oc6ccccc6c5c4)n3)cccc21. The zero-order valence-electron chi connectivity index (χ0n) is 28.8. The summed E-state index contributed by atoms with van der Waals surface area (Å²) < 4.78 is 6.19. The molecule has 7 aromatic carbocycles. The normalized spacial score (nSPS) is 13.0. The fourth-order valence-electron chi connectivity index (χ4n) is 7.91. The van der Waals surface area contributed by atoms with E-state index >= 15 is 0 Å². The third kappa shape index (κ3) is 4.87. The van der Waals surface area contributed by atoms with E-state index in [4.69, 9.17) is 19.4 Å². The van der Waals surface area contributed by atoms with E-state index in [1.807, 2.05) is 36.4 Å². The Morgan fingerprint density at radius 1 is 0.385 bits per heavy atom. The van der Waals surface area contributed by atoms with Crippen molar-refractivity contribution in [2.24, 2.45) is 0 Å². The second-order valence-electron chi connectivity index (χ2n) is 14.0. The summed E-state index contributed by atoms with van der Waals surface area (Å²) in [5.74, 6) is 1.88. The molecule has 0 saturated heterocycles. The molecule has 2 aromatic heterocycles. The van der Waals surface area contributed by atoms with Crippen LogP contribution in [0.25, 0.3) is 89.5 Å². The molecular formula is C48H33N3O. The minimum absolute atomic E-state index is 0.150. The Morgan fingerprint density at radius 2 is 0.942 bits per heavy atom. The Hall–Kier alpha value is -6.65. The van der Waals surface area contributed by atoms with Gasteiger partial charge < -0.3 is 4.42 Å². The third-order valence-corrected chi connectivity index (χ3v) is 10.5. The van der Waals surface area contributed by atoms with Gasteiger partial charge in [0.15, 0.2) is 17.5 Å². The molecule has 4 nitrogen and oxygen atoms in total. The van der Waals surface area contributed by atoms with Gasteiger partial charge in [-0.1, -0.05) is 135 Å². The topological polar surface area (TPSA) is 51.8 Å². The second-order valence-corrected chi connectivity index (χ2v) is 14.0. The zero-order chi connectivity index (χ0) is 34.8. The first kappa shape index (κ1) is 30.2. The van der Waals surface area contributed by atoms with Gasteiger partial charge in [0.25, 0.3) is 0 Å². The van der Waals surface area contributed by atoms with Crippen LogP contribution in [-0.2, 0) is 5.41 Å². The van der Waals surface area contributed by atoms with E-state index in [1.165, 1.54) is 22.3 Å². The lowest BCUT2D eigenvalue weighted by molar-refractivity contribution is 0.660. The smallest absolute Gasteiger partial charge is 0.164 e. The fraction of sp³-hybridized carbons (Fsp3) is 0.0625. The molecule has 1 aliphatic carbocycles. The van der Waals surface area contributed by atoms with Gasteiger partial charge in [-0.05, 0) is 87.0 Å². The Bertz CT molecular complexity index is 2760. The van der Waals surface area contributed by atoms with E-state index in [0.717, 1.165) is 60.9 Å². The maximum atomic E-state index is 6.19. The molecule has 10 rings (SSSR count). The molecule has 0 unspecified atom stereocenters. The molecule has 0 atom stereocenters. The molecule has 2 heterocycles. The van der Waals surface area contributed by atoms with Crippen LogP contribution in [-0.4, -0.2) is 15.0 Å². The maximum absolute atomic E-state index is 6.19. The standard InChI is InChI=1S/C48H33N3O/c1-48(2)40-21-11-9-19-37(40)44-38(20-13-22-41(44)48)47-50-45(32-24-25-43-39(29-32)36-18-10-12-23-42(36)52-43)49-46(51-47)35-27-33(30-14-5-3-6-15-30)26-34(28-35)31-16-7-4-8-17-31/h3-29H,1-2H3. The minimum atomic E-state index is -0.150. The second kappa shape index (κ2) is 11.7. The predicted molar refractivity (Wildman–Crippen MR) is 212 cm³/mol. The summed E-state index contributed by atoms with van der Waals surface area (Å²) in [6.45, 7) is 4.60. The number of hydrogen-bond acceptors (Lipinski definition) is 4. The molecule has 0 saturated carbocycles. The number of rotatable bonds is 5. The lowest BCUT2D eigenvalue weighted by Gasteiger charge is -2.21. The molecule has 9 aromatic rings. The average Bonchev–Trinajstić information content (AvgIpc) is 3.70. The van der Waals surface area contributed by atoms with E-state index in [1.54, 1.807) is 0 Å². The van der Waals surface area contributed by atoms with Crippen molar-refractivity contribution in [3.05, 3.63) is 175 Å². The lowest BCUT2D eigenvalue weighted by Crippen LogP contribution is -2.14. The van der Waals surface area contributed by atoms with Crippen LogP contribution < -0.4 is 0 Å². The van der Waals surface area contributed by atoms with Gasteiger partial charge >= 0.3 is 0 Å². The van der Waals surface area contributed by atoms with Gasteiger partial charge in [0.1, 0.15) is 11.2 Å². The molecule has 52 heavy (non-hydrogen) atoms. The highest BCUT2D eigenvalue weighted by Crippen LogP contribution is 2.51. The van der Waals surface area contributed by atoms with Crippen LogP contribution >= 0.6 is 0 Å². The first-order valence-electron chi connectivity index (χ1n) is 17.7. The summed E-state index contributed by atoms with van der Waals surface area (Å²) in [4.78, 5) is 15.9. The predicted octanol–water partition coefficient (Wildman–Crippen LogP) is 12.4. The Kier molecular flexibility index (Phi) is 6.80. The van der Waals surface area contributed by atoms with Gasteiger partial charge in [0, 0.05) is 32.9 Å². The van der Waals surface area contributed by atoms with Crippen LogP contribution in [0.1, 0.15) is 25.0 Å². The minimum Gasteiger partial charge on any atom is -0.456 e. The van der Waals surface area contributed by atoms with Crippen LogP contribution in [0.2, 0.25) is 0 Å². The van der Waals surface area contributed by atoms with E-state index in [-0.39, 0.29) is 5.41 Å². The first-order valence-corrected chi connectivity index (χ1v) is 17.7. The van der Waals surface area contributed by atoms with Gasteiger partial charge in [-0.25, -0.2) is 15.0 Å². The zero-order valence-corrected chi connectivity index (χ0v) is 28.8. The van der Waals surface area contributed by atoms with Crippen molar-refractivity contribution >= 4 is 21.9 Å². The molecular weight excluding hydrogens is 635 g/mol. The fourth-order valence-corrected chi connectivity index (χ4v) is 7.91. The highest BCUT2D eigenvalue weighted by Gasteiger charge is 2.37. The number of nitrogens with zero attached hydrogens (tertiary/aromatic N) is 3. The molecule has 0 radical (unpaired) electrons. The van der Waals surface area contributed by atoms with E-state index < -0.39 is 0 Å². The van der Waals surface area contributed by atoms with Crippen LogP contribution in [0.3, 0.4) is 0 Å². The molecule has 246 valence electrons. The summed E-state index contributed by atoms with van der Waals surface area (Å²) in [6.07, 6.45) is 0. The molecule has 4 heteroatoms. The molecule has 0 fully saturated rings. The van der Waals surface area contributed by atoms with E-state index in [0.29, 0.717) is 17.5 Å². The van der Waals surface area contributed by atoms with E-state index in [9.17, 15) is 0 Å². The van der Waals surface area contributed by atoms with Crippen LogP contribution in [0.5, 0.6) is 0 Å². The molecule has 1 aliphatic rings. The summed E-state index contributed by atoms with van der Waals surface area (Å²) in [6, 6.07) is 57.3. The van der Waals surface area contributed by atoms with Crippen LogP contribution in [0, 0.1) is 0 Å². The molecule has 0 aliphatic heterocycles. The van der Waals surface area contributed by atoms with Gasteiger partial charge in [0.05, 0.1) is 0 Å². The van der Waals surface area contributed by atoms with Crippen molar-refractivity contribution in [3.63, 3.8) is 0 Å². The van der Waals surface area contributed by atoms with Gasteiger partial charge in [-0.3, -0.25) is 0 Å². The number of aromatic nitrogens is 3. The van der Waals surface area contributed by atoms with Gasteiger partial charge in [0.2, 0.25) is 0 Å². The quantitative estimate of drug-likeness (QED) is 0.183. The van der Waals surface area contributed by atoms with Crippen molar-refractivity contribution in [1.82, 2.24) is 15.0 Å². The lowest BCUT2D eigenvalue weighted by atomic mass is 9.82. The Balaban J connectivity index is 1.24. The van der Waals surface area contributed by atoms with Crippen molar-refractivity contribution in [1.29, 1.82) is 0 Å². The number of furan rings is 1. The Morgan fingerprint density at radius 3 is 1.69 bits per heavy atom. The van der Waals surface area contributed by atoms with Crippen molar-refractivity contribution in [2.45, 2.75) is 19.3 Å². The van der Waals surface area contributed by atoms with Gasteiger partial charge in [-0.2, -0.15) is 0 Å². The highest BCUT2D eigenvalue weighted by atomic mass is 16.3. The molecule has 0 amide bonds. The molecule has 0 bridgehead atoms. The molecule has 0 spiro atoms. The summed E-state index contributed by atoms with van der Waals surface area (Å²) in [5.41, 5.74) is 13.8. The monoisotopic (exact) mass is 667 g/mol. The van der Waals surface area contributed by atoms with Crippen LogP contribution in [0.15, 0.2) is 168 Å².